The molecule has 2 amide bonds. The fourth-order valence-electron chi connectivity index (χ4n) is 5.71. The van der Waals surface area contributed by atoms with E-state index in [0.29, 0.717) is 18.3 Å². The van der Waals surface area contributed by atoms with Crippen molar-refractivity contribution in [3.63, 3.8) is 0 Å². The first-order valence-electron chi connectivity index (χ1n) is 13.2. The number of carboxylic acid groups (broad SMARTS) is 1. The Morgan fingerprint density at radius 2 is 1.37 bits per heavy atom. The summed E-state index contributed by atoms with van der Waals surface area (Å²) in [6.07, 6.45) is 7.73. The van der Waals surface area contributed by atoms with Gasteiger partial charge in [-0.1, -0.05) is 92.8 Å². The van der Waals surface area contributed by atoms with Crippen molar-refractivity contribution in [3.8, 4) is 0 Å². The highest BCUT2D eigenvalue weighted by atomic mass is 16.4. The Balaban J connectivity index is 0.000000514. The highest BCUT2D eigenvalue weighted by Gasteiger charge is 2.41. The Morgan fingerprint density at radius 3 is 1.91 bits per heavy atom. The topological polar surface area (TPSA) is 72.9 Å². The molecule has 35 heavy (non-hydrogen) atoms. The number of rotatable bonds is 7. The van der Waals surface area contributed by atoms with Crippen molar-refractivity contribution >= 4 is 12.0 Å². The molecule has 5 rings (SSSR count). The van der Waals surface area contributed by atoms with Crippen molar-refractivity contribution in [2.45, 2.75) is 51.0 Å². The number of benzene rings is 2. The number of carbonyl (C=O) groups is 2. The van der Waals surface area contributed by atoms with Crippen LogP contribution in [0.15, 0.2) is 60.7 Å². The standard InChI is InChI=1S/C24H29N3O3.C5H10/c28-23(13-18-7-3-1-4-8-18)27-16-20-14-26(15-21(20)17-27)12-11-22(25-24(29)30)19-9-5-2-6-10-19;1-2-4-5-3-1/h1-10,20-22,25H,11-17H2,(H,29,30);1-5H2/t20-,21?,22?;/m0./s1. The highest BCUT2D eigenvalue weighted by Crippen LogP contribution is 2.32. The van der Waals surface area contributed by atoms with Gasteiger partial charge < -0.3 is 20.2 Å². The van der Waals surface area contributed by atoms with Gasteiger partial charge in [0.05, 0.1) is 12.5 Å². The average molecular weight is 478 g/mol. The van der Waals surface area contributed by atoms with Gasteiger partial charge in [0, 0.05) is 32.7 Å². The van der Waals surface area contributed by atoms with Crippen molar-refractivity contribution in [2.24, 2.45) is 11.8 Å². The molecular formula is C29H39N3O3. The van der Waals surface area contributed by atoms with Crippen LogP contribution < -0.4 is 5.32 Å². The Labute approximate surface area is 209 Å². The molecule has 3 atom stereocenters. The van der Waals surface area contributed by atoms with Crippen molar-refractivity contribution in [1.82, 2.24) is 15.1 Å². The van der Waals surface area contributed by atoms with Gasteiger partial charge in [0.2, 0.25) is 5.91 Å². The number of hydrogen-bond donors (Lipinski definition) is 2. The van der Waals surface area contributed by atoms with Crippen LogP contribution in [0.1, 0.15) is 55.7 Å². The summed E-state index contributed by atoms with van der Waals surface area (Å²) in [4.78, 5) is 28.3. The van der Waals surface area contributed by atoms with Crippen LogP contribution in [-0.4, -0.2) is 59.6 Å². The van der Waals surface area contributed by atoms with Gasteiger partial charge in [0.25, 0.3) is 0 Å². The maximum absolute atomic E-state index is 12.7. The van der Waals surface area contributed by atoms with Crippen LogP contribution in [0.4, 0.5) is 4.79 Å². The van der Waals surface area contributed by atoms with E-state index in [1.165, 1.54) is 32.1 Å². The number of nitrogens with zero attached hydrogens (tertiary/aromatic N) is 2. The van der Waals surface area contributed by atoms with Crippen LogP contribution in [0.5, 0.6) is 0 Å². The second-order valence-electron chi connectivity index (χ2n) is 10.2. The Bertz CT molecular complexity index is 911. The number of nitrogens with one attached hydrogen (secondary N) is 1. The summed E-state index contributed by atoms with van der Waals surface area (Å²) in [5.74, 6) is 1.26. The van der Waals surface area contributed by atoms with Gasteiger partial charge in [-0.15, -0.1) is 0 Å². The number of fused-ring (bicyclic) bond motifs is 1. The van der Waals surface area contributed by atoms with Crippen LogP contribution in [0, 0.1) is 11.8 Å². The first-order valence-corrected chi connectivity index (χ1v) is 13.2. The Hall–Kier alpha value is -2.86. The van der Waals surface area contributed by atoms with Gasteiger partial charge >= 0.3 is 6.09 Å². The van der Waals surface area contributed by atoms with Gasteiger partial charge in [0.15, 0.2) is 0 Å². The van der Waals surface area contributed by atoms with Gasteiger partial charge in [-0.05, 0) is 29.4 Å². The molecular weight excluding hydrogens is 438 g/mol. The van der Waals surface area contributed by atoms with Gasteiger partial charge in [0.1, 0.15) is 0 Å². The van der Waals surface area contributed by atoms with E-state index in [9.17, 15) is 14.7 Å². The smallest absolute Gasteiger partial charge is 0.405 e. The zero-order valence-corrected chi connectivity index (χ0v) is 20.6. The molecule has 2 saturated heterocycles. The van der Waals surface area contributed by atoms with E-state index < -0.39 is 6.09 Å². The predicted molar refractivity (Wildman–Crippen MR) is 138 cm³/mol. The minimum absolute atomic E-state index is 0.201. The van der Waals surface area contributed by atoms with E-state index in [2.05, 4.69) is 10.2 Å². The average Bonchev–Trinajstić information content (AvgIpc) is 3.62. The lowest BCUT2D eigenvalue weighted by Crippen LogP contribution is -2.35. The van der Waals surface area contributed by atoms with Crippen LogP contribution in [0.25, 0.3) is 0 Å². The Kier molecular flexibility index (Phi) is 9.18. The molecule has 2 unspecified atom stereocenters. The van der Waals surface area contributed by atoms with E-state index in [1.807, 2.05) is 65.6 Å². The van der Waals surface area contributed by atoms with Crippen LogP contribution in [-0.2, 0) is 11.2 Å². The molecule has 1 saturated carbocycles. The molecule has 188 valence electrons. The second-order valence-corrected chi connectivity index (χ2v) is 10.2. The number of hydrogen-bond acceptors (Lipinski definition) is 3. The largest absolute Gasteiger partial charge is 0.465 e. The molecule has 6 heteroatoms. The monoisotopic (exact) mass is 477 g/mol. The van der Waals surface area contributed by atoms with Crippen LogP contribution in [0.2, 0.25) is 0 Å². The van der Waals surface area contributed by atoms with Gasteiger partial charge in [-0.25, -0.2) is 4.79 Å². The van der Waals surface area contributed by atoms with Crippen molar-refractivity contribution < 1.29 is 14.7 Å². The first-order chi connectivity index (χ1) is 17.1. The van der Waals surface area contributed by atoms with E-state index in [4.69, 9.17) is 0 Å². The van der Waals surface area contributed by atoms with Crippen LogP contribution in [0.3, 0.4) is 0 Å². The third-order valence-electron chi connectivity index (χ3n) is 7.60. The molecule has 2 aromatic rings. The summed E-state index contributed by atoms with van der Waals surface area (Å²) in [5.41, 5.74) is 2.07. The molecule has 0 aromatic heterocycles. The molecule has 0 bridgehead atoms. The summed E-state index contributed by atoms with van der Waals surface area (Å²) >= 11 is 0. The molecule has 1 aliphatic carbocycles. The molecule has 3 fully saturated rings. The molecule has 2 aliphatic heterocycles. The lowest BCUT2D eigenvalue weighted by atomic mass is 10.0. The maximum atomic E-state index is 12.7. The lowest BCUT2D eigenvalue weighted by Gasteiger charge is -2.24. The third kappa shape index (κ3) is 7.56. The quantitative estimate of drug-likeness (QED) is 0.591. The zero-order valence-electron chi connectivity index (χ0n) is 20.6. The minimum Gasteiger partial charge on any atom is -0.465 e. The summed E-state index contributed by atoms with van der Waals surface area (Å²) in [5, 5.41) is 11.8. The second kappa shape index (κ2) is 12.7. The first kappa shape index (κ1) is 25.2. The fraction of sp³-hybridized carbons (Fsp3) is 0.517. The van der Waals surface area contributed by atoms with E-state index >= 15 is 0 Å². The number of amides is 2. The third-order valence-corrected chi connectivity index (χ3v) is 7.60. The maximum Gasteiger partial charge on any atom is 0.405 e. The fourth-order valence-corrected chi connectivity index (χ4v) is 5.71. The molecule has 2 heterocycles. The van der Waals surface area contributed by atoms with E-state index in [-0.39, 0.29) is 11.9 Å². The van der Waals surface area contributed by atoms with Crippen molar-refractivity contribution in [2.75, 3.05) is 32.7 Å². The highest BCUT2D eigenvalue weighted by molar-refractivity contribution is 5.79. The summed E-state index contributed by atoms with van der Waals surface area (Å²) in [6.45, 7) is 4.48. The molecule has 0 radical (unpaired) electrons. The lowest BCUT2D eigenvalue weighted by molar-refractivity contribution is -0.129. The molecule has 6 nitrogen and oxygen atoms in total. The molecule has 0 spiro atoms. The molecule has 2 N–H and O–H groups in total. The SMILES string of the molecule is C1CCCC1.O=C(O)NC(CCN1CC2CN(C(=O)Cc3ccccc3)C[C@@H]2C1)c1ccccc1. The number of likely N-dealkylation sites (tertiary alicyclic amines) is 2. The normalized spacial score (nSPS) is 22.2. The van der Waals surface area contributed by atoms with E-state index in [0.717, 1.165) is 50.3 Å². The van der Waals surface area contributed by atoms with Gasteiger partial charge in [-0.3, -0.25) is 4.79 Å². The summed E-state index contributed by atoms with van der Waals surface area (Å²) in [6, 6.07) is 19.5. The van der Waals surface area contributed by atoms with Crippen molar-refractivity contribution in [3.05, 3.63) is 71.8 Å². The Morgan fingerprint density at radius 1 is 0.829 bits per heavy atom. The zero-order chi connectivity index (χ0) is 24.5. The summed E-state index contributed by atoms with van der Waals surface area (Å²) in [7, 11) is 0. The minimum atomic E-state index is -0.991. The van der Waals surface area contributed by atoms with E-state index in [1.54, 1.807) is 0 Å². The van der Waals surface area contributed by atoms with Crippen LogP contribution >= 0.6 is 0 Å². The van der Waals surface area contributed by atoms with Gasteiger partial charge in [-0.2, -0.15) is 0 Å². The predicted octanol–water partition coefficient (Wildman–Crippen LogP) is 4.97. The van der Waals surface area contributed by atoms with Crippen molar-refractivity contribution in [1.29, 1.82) is 0 Å². The molecule has 3 aliphatic rings. The number of carbonyl (C=O) groups excluding carboxylic acids is 1. The summed E-state index contributed by atoms with van der Waals surface area (Å²) < 4.78 is 0. The molecule has 2 aromatic carbocycles.